The van der Waals surface area contributed by atoms with E-state index in [0.29, 0.717) is 5.75 Å². The van der Waals surface area contributed by atoms with Gasteiger partial charge in [0, 0.05) is 17.3 Å². The molecule has 1 atom stereocenters. The van der Waals surface area contributed by atoms with Crippen LogP contribution in [0.25, 0.3) is 0 Å². The summed E-state index contributed by atoms with van der Waals surface area (Å²) in [5.74, 6) is 0.916. The first-order valence-corrected chi connectivity index (χ1v) is 6.98. The SMILES string of the molecule is O=C(O)C1(Sc2nccs2)CCSC1. The second-order valence-corrected chi connectivity index (χ2v) is 6.63. The van der Waals surface area contributed by atoms with Gasteiger partial charge < -0.3 is 5.11 Å². The van der Waals surface area contributed by atoms with Crippen LogP contribution < -0.4 is 0 Å². The molecule has 0 aromatic carbocycles. The molecular formula is C8H9NO2S3. The molecule has 1 aromatic rings. The maximum Gasteiger partial charge on any atom is 0.321 e. The number of aromatic nitrogens is 1. The van der Waals surface area contributed by atoms with Gasteiger partial charge in [0.2, 0.25) is 0 Å². The van der Waals surface area contributed by atoms with Crippen LogP contribution in [0.3, 0.4) is 0 Å². The summed E-state index contributed by atoms with van der Waals surface area (Å²) >= 11 is 4.61. The van der Waals surface area contributed by atoms with E-state index < -0.39 is 10.7 Å². The maximum atomic E-state index is 11.2. The zero-order valence-corrected chi connectivity index (χ0v) is 9.75. The van der Waals surface area contributed by atoms with Crippen LogP contribution in [0.2, 0.25) is 0 Å². The standard InChI is InChI=1S/C8H9NO2S3/c10-6(11)8(1-3-12-5-8)14-7-9-2-4-13-7/h2,4H,1,3,5H2,(H,10,11). The first-order valence-electron chi connectivity index (χ1n) is 4.13. The summed E-state index contributed by atoms with van der Waals surface area (Å²) in [4.78, 5) is 15.3. The molecule has 1 fully saturated rings. The van der Waals surface area contributed by atoms with Crippen LogP contribution in [0.1, 0.15) is 6.42 Å². The van der Waals surface area contributed by atoms with E-state index >= 15 is 0 Å². The van der Waals surface area contributed by atoms with Gasteiger partial charge in [-0.25, -0.2) is 4.98 Å². The summed E-state index contributed by atoms with van der Waals surface area (Å²) in [7, 11) is 0. The molecule has 1 unspecified atom stereocenters. The summed E-state index contributed by atoms with van der Waals surface area (Å²) in [5, 5.41) is 11.1. The van der Waals surface area contributed by atoms with E-state index in [2.05, 4.69) is 4.98 Å². The minimum absolute atomic E-state index is 0.636. The number of thioether (sulfide) groups is 2. The molecule has 0 amide bonds. The highest BCUT2D eigenvalue weighted by atomic mass is 32.2. The van der Waals surface area contributed by atoms with Crippen molar-refractivity contribution in [3.05, 3.63) is 11.6 Å². The van der Waals surface area contributed by atoms with E-state index in [4.69, 9.17) is 0 Å². The van der Waals surface area contributed by atoms with Crippen molar-refractivity contribution in [2.75, 3.05) is 11.5 Å². The molecule has 2 heterocycles. The minimum atomic E-state index is -0.706. The van der Waals surface area contributed by atoms with Crippen molar-refractivity contribution in [2.24, 2.45) is 0 Å². The van der Waals surface area contributed by atoms with Gasteiger partial charge in [0.15, 0.2) is 4.34 Å². The molecule has 1 aliphatic rings. The number of rotatable bonds is 3. The molecule has 1 aliphatic heterocycles. The summed E-state index contributed by atoms with van der Waals surface area (Å²) in [6, 6.07) is 0. The topological polar surface area (TPSA) is 50.2 Å². The van der Waals surface area contributed by atoms with Crippen molar-refractivity contribution in [3.8, 4) is 0 Å². The van der Waals surface area contributed by atoms with Gasteiger partial charge in [-0.1, -0.05) is 11.8 Å². The highest BCUT2D eigenvalue weighted by Crippen LogP contribution is 2.44. The second kappa shape index (κ2) is 4.12. The monoisotopic (exact) mass is 247 g/mol. The second-order valence-electron chi connectivity index (χ2n) is 3.00. The van der Waals surface area contributed by atoms with Crippen LogP contribution in [0.15, 0.2) is 15.9 Å². The molecular weight excluding hydrogens is 238 g/mol. The molecule has 76 valence electrons. The third-order valence-corrected chi connectivity index (χ3v) is 5.74. The fourth-order valence-corrected chi connectivity index (χ4v) is 5.05. The molecule has 0 radical (unpaired) electrons. The van der Waals surface area contributed by atoms with E-state index in [0.717, 1.165) is 16.5 Å². The van der Waals surface area contributed by atoms with Crippen LogP contribution in [-0.4, -0.2) is 32.3 Å². The Morgan fingerprint density at radius 2 is 2.57 bits per heavy atom. The Balaban J connectivity index is 2.16. The number of thiazole rings is 1. The first kappa shape index (κ1) is 10.3. The quantitative estimate of drug-likeness (QED) is 0.887. The van der Waals surface area contributed by atoms with E-state index in [9.17, 15) is 9.90 Å². The Hall–Kier alpha value is -0.200. The van der Waals surface area contributed by atoms with Crippen LogP contribution in [0.4, 0.5) is 0 Å². The lowest BCUT2D eigenvalue weighted by Crippen LogP contribution is -2.34. The average molecular weight is 247 g/mol. The molecule has 3 nitrogen and oxygen atoms in total. The van der Waals surface area contributed by atoms with Crippen LogP contribution in [0.5, 0.6) is 0 Å². The maximum absolute atomic E-state index is 11.2. The van der Waals surface area contributed by atoms with E-state index in [1.54, 1.807) is 18.0 Å². The number of carbonyl (C=O) groups is 1. The van der Waals surface area contributed by atoms with E-state index in [-0.39, 0.29) is 0 Å². The fourth-order valence-electron chi connectivity index (χ4n) is 1.27. The number of carboxylic acid groups (broad SMARTS) is 1. The summed E-state index contributed by atoms with van der Waals surface area (Å²) in [6.07, 6.45) is 2.45. The Morgan fingerprint density at radius 3 is 3.07 bits per heavy atom. The fraction of sp³-hybridized carbons (Fsp3) is 0.500. The van der Waals surface area contributed by atoms with Crippen LogP contribution in [-0.2, 0) is 4.79 Å². The van der Waals surface area contributed by atoms with E-state index in [1.165, 1.54) is 23.1 Å². The van der Waals surface area contributed by atoms with Crippen molar-refractivity contribution in [3.63, 3.8) is 0 Å². The Morgan fingerprint density at radius 1 is 1.71 bits per heavy atom. The van der Waals surface area contributed by atoms with Gasteiger partial charge in [0.25, 0.3) is 0 Å². The normalized spacial score (nSPS) is 26.6. The molecule has 6 heteroatoms. The van der Waals surface area contributed by atoms with Gasteiger partial charge in [0.1, 0.15) is 4.75 Å². The molecule has 14 heavy (non-hydrogen) atoms. The number of hydrogen-bond acceptors (Lipinski definition) is 5. The highest BCUT2D eigenvalue weighted by Gasteiger charge is 2.43. The third-order valence-electron chi connectivity index (χ3n) is 2.07. The van der Waals surface area contributed by atoms with Crippen molar-refractivity contribution < 1.29 is 9.90 Å². The van der Waals surface area contributed by atoms with E-state index in [1.807, 2.05) is 5.38 Å². The summed E-state index contributed by atoms with van der Waals surface area (Å²) < 4.78 is 0.220. The predicted molar refractivity (Wildman–Crippen MR) is 60.3 cm³/mol. The van der Waals surface area contributed by atoms with Gasteiger partial charge in [-0.15, -0.1) is 11.3 Å². The molecule has 0 saturated carbocycles. The lowest BCUT2D eigenvalue weighted by atomic mass is 10.1. The number of hydrogen-bond donors (Lipinski definition) is 1. The Labute approximate surface area is 94.3 Å². The van der Waals surface area contributed by atoms with Gasteiger partial charge in [-0.2, -0.15) is 11.8 Å². The van der Waals surface area contributed by atoms with Gasteiger partial charge >= 0.3 is 5.97 Å². The first-order chi connectivity index (χ1) is 6.73. The number of nitrogens with zero attached hydrogens (tertiary/aromatic N) is 1. The molecule has 2 rings (SSSR count). The predicted octanol–water partition coefficient (Wildman–Crippen LogP) is 2.20. The number of aliphatic carboxylic acids is 1. The number of carboxylic acids is 1. The lowest BCUT2D eigenvalue weighted by Gasteiger charge is -2.20. The third kappa shape index (κ3) is 1.92. The van der Waals surface area contributed by atoms with Crippen molar-refractivity contribution in [1.82, 2.24) is 4.98 Å². The Bertz CT molecular complexity index is 319. The zero-order valence-electron chi connectivity index (χ0n) is 7.30. The van der Waals surface area contributed by atoms with Crippen LogP contribution >= 0.6 is 34.9 Å². The van der Waals surface area contributed by atoms with Crippen molar-refractivity contribution >= 4 is 40.8 Å². The van der Waals surface area contributed by atoms with Gasteiger partial charge in [-0.05, 0) is 12.2 Å². The largest absolute Gasteiger partial charge is 0.480 e. The van der Waals surface area contributed by atoms with Crippen molar-refractivity contribution in [1.29, 1.82) is 0 Å². The zero-order chi connectivity index (χ0) is 10.0. The molecule has 0 aliphatic carbocycles. The molecule has 0 bridgehead atoms. The Kier molecular flexibility index (Phi) is 3.04. The minimum Gasteiger partial charge on any atom is -0.480 e. The lowest BCUT2D eigenvalue weighted by molar-refractivity contribution is -0.139. The van der Waals surface area contributed by atoms with Gasteiger partial charge in [-0.3, -0.25) is 4.79 Å². The molecule has 0 spiro atoms. The van der Waals surface area contributed by atoms with Crippen LogP contribution in [0, 0.1) is 0 Å². The van der Waals surface area contributed by atoms with Crippen molar-refractivity contribution in [2.45, 2.75) is 15.5 Å². The molecule has 1 N–H and O–H groups in total. The summed E-state index contributed by atoms with van der Waals surface area (Å²) in [6.45, 7) is 0. The highest BCUT2D eigenvalue weighted by molar-refractivity contribution is 8.06. The molecule has 1 aromatic heterocycles. The average Bonchev–Trinajstić information content (AvgIpc) is 2.76. The van der Waals surface area contributed by atoms with Gasteiger partial charge in [0.05, 0.1) is 0 Å². The summed E-state index contributed by atoms with van der Waals surface area (Å²) in [5.41, 5.74) is 0. The molecule has 1 saturated heterocycles. The smallest absolute Gasteiger partial charge is 0.321 e.